The first-order chi connectivity index (χ1) is 13.5. The highest BCUT2D eigenvalue weighted by molar-refractivity contribution is 5.69. The summed E-state index contributed by atoms with van der Waals surface area (Å²) in [6.45, 7) is 0.670. The maximum absolute atomic E-state index is 14.0. The fourth-order valence-corrected chi connectivity index (χ4v) is 2.30. The predicted octanol–water partition coefficient (Wildman–Crippen LogP) is 4.88. The van der Waals surface area contributed by atoms with E-state index >= 15 is 0 Å². The third-order valence-corrected chi connectivity index (χ3v) is 3.98. The minimum atomic E-state index is -3.20. The van der Waals surface area contributed by atoms with Crippen molar-refractivity contribution in [1.29, 1.82) is 0 Å². The molecule has 1 rings (SSSR count). The van der Waals surface area contributed by atoms with Gasteiger partial charge in [0.1, 0.15) is 6.61 Å². The van der Waals surface area contributed by atoms with Gasteiger partial charge in [0.25, 0.3) is 0 Å². The molecule has 9 heteroatoms. The minimum Gasteiger partial charge on any atom is -0.461 e. The topological polar surface area (TPSA) is 61.8 Å². The standard InChI is InChI=1S/C20H26F4O5/c1-19(21,22)11-8-17(26)29-18(27-2)10-13-20(23,24)12-9-16(25)28-14-15-6-4-3-5-7-15/h3-7,18H,8-14H2,1-2H3. The van der Waals surface area contributed by atoms with Crippen molar-refractivity contribution in [3.05, 3.63) is 35.9 Å². The Labute approximate surface area is 167 Å². The van der Waals surface area contributed by atoms with E-state index in [4.69, 9.17) is 14.2 Å². The van der Waals surface area contributed by atoms with Crippen LogP contribution in [0, 0.1) is 0 Å². The van der Waals surface area contributed by atoms with Gasteiger partial charge < -0.3 is 14.2 Å². The van der Waals surface area contributed by atoms with Crippen molar-refractivity contribution in [1.82, 2.24) is 0 Å². The fourth-order valence-electron chi connectivity index (χ4n) is 2.30. The maximum atomic E-state index is 14.0. The van der Waals surface area contributed by atoms with Gasteiger partial charge in [-0.25, -0.2) is 17.6 Å². The molecule has 1 aromatic rings. The molecule has 0 fully saturated rings. The third kappa shape index (κ3) is 12.1. The highest BCUT2D eigenvalue weighted by Crippen LogP contribution is 2.28. The van der Waals surface area contributed by atoms with Gasteiger partial charge in [-0.05, 0) is 12.5 Å². The second kappa shape index (κ2) is 11.7. The van der Waals surface area contributed by atoms with Gasteiger partial charge in [0.15, 0.2) is 0 Å². The number of alkyl halides is 4. The molecule has 0 spiro atoms. The number of hydrogen-bond donors (Lipinski definition) is 0. The van der Waals surface area contributed by atoms with Crippen LogP contribution in [0.4, 0.5) is 17.6 Å². The number of carbonyl (C=O) groups excluding carboxylic acids is 2. The number of methoxy groups -OCH3 is 1. The summed E-state index contributed by atoms with van der Waals surface area (Å²) < 4.78 is 68.0. The van der Waals surface area contributed by atoms with Crippen molar-refractivity contribution >= 4 is 11.9 Å². The molecular formula is C20H26F4O5. The smallest absolute Gasteiger partial charge is 0.308 e. The third-order valence-electron chi connectivity index (χ3n) is 3.98. The van der Waals surface area contributed by atoms with Gasteiger partial charge in [0, 0.05) is 32.8 Å². The first-order valence-electron chi connectivity index (χ1n) is 9.18. The van der Waals surface area contributed by atoms with Crippen molar-refractivity contribution < 1.29 is 41.4 Å². The molecule has 1 unspecified atom stereocenters. The van der Waals surface area contributed by atoms with E-state index in [2.05, 4.69) is 0 Å². The van der Waals surface area contributed by atoms with Gasteiger partial charge in [-0.3, -0.25) is 9.59 Å². The van der Waals surface area contributed by atoms with Crippen LogP contribution in [0.5, 0.6) is 0 Å². The Morgan fingerprint density at radius 2 is 1.59 bits per heavy atom. The van der Waals surface area contributed by atoms with E-state index in [9.17, 15) is 27.2 Å². The summed E-state index contributed by atoms with van der Waals surface area (Å²) in [6, 6.07) is 8.83. The lowest BCUT2D eigenvalue weighted by atomic mass is 10.1. The summed E-state index contributed by atoms with van der Waals surface area (Å²) in [5, 5.41) is 0. The first-order valence-corrected chi connectivity index (χ1v) is 9.18. The van der Waals surface area contributed by atoms with Gasteiger partial charge >= 0.3 is 11.9 Å². The Morgan fingerprint density at radius 3 is 2.17 bits per heavy atom. The van der Waals surface area contributed by atoms with E-state index in [-0.39, 0.29) is 13.0 Å². The summed E-state index contributed by atoms with van der Waals surface area (Å²) in [6.07, 6.45) is -4.76. The maximum Gasteiger partial charge on any atom is 0.308 e. The summed E-state index contributed by atoms with van der Waals surface area (Å²) in [7, 11) is 1.16. The first kappa shape index (κ1) is 24.9. The minimum absolute atomic E-state index is 0.00372. The van der Waals surface area contributed by atoms with E-state index in [0.717, 1.165) is 12.7 Å². The second-order valence-corrected chi connectivity index (χ2v) is 6.77. The number of halogens is 4. The second-order valence-electron chi connectivity index (χ2n) is 6.77. The summed E-state index contributed by atoms with van der Waals surface area (Å²) >= 11 is 0. The van der Waals surface area contributed by atoms with E-state index < -0.39 is 62.2 Å². The van der Waals surface area contributed by atoms with Crippen molar-refractivity contribution in [3.8, 4) is 0 Å². The Hall–Kier alpha value is -2.16. The lowest BCUT2D eigenvalue weighted by Crippen LogP contribution is -2.26. The lowest BCUT2D eigenvalue weighted by molar-refractivity contribution is -0.179. The number of hydrogen-bond acceptors (Lipinski definition) is 5. The molecule has 5 nitrogen and oxygen atoms in total. The molecule has 1 aromatic carbocycles. The highest BCUT2D eigenvalue weighted by Gasteiger charge is 2.32. The largest absolute Gasteiger partial charge is 0.461 e. The zero-order valence-corrected chi connectivity index (χ0v) is 16.5. The number of carbonyl (C=O) groups is 2. The zero-order chi connectivity index (χ0) is 21.9. The molecule has 29 heavy (non-hydrogen) atoms. The molecule has 0 saturated heterocycles. The summed E-state index contributed by atoms with van der Waals surface area (Å²) in [5.41, 5.74) is 0.748. The van der Waals surface area contributed by atoms with Crippen LogP contribution < -0.4 is 0 Å². The van der Waals surface area contributed by atoms with Crippen molar-refractivity contribution in [3.63, 3.8) is 0 Å². The average Bonchev–Trinajstić information content (AvgIpc) is 2.66. The van der Waals surface area contributed by atoms with Crippen LogP contribution in [-0.2, 0) is 30.4 Å². The molecule has 0 aliphatic rings. The molecule has 0 aliphatic carbocycles. The van der Waals surface area contributed by atoms with Gasteiger partial charge in [0.05, 0.1) is 12.8 Å². The van der Waals surface area contributed by atoms with Crippen LogP contribution in [0.3, 0.4) is 0 Å². The molecular weight excluding hydrogens is 396 g/mol. The molecule has 0 saturated carbocycles. The lowest BCUT2D eigenvalue weighted by Gasteiger charge is -2.20. The van der Waals surface area contributed by atoms with Crippen molar-refractivity contribution in [2.45, 2.75) is 70.2 Å². The van der Waals surface area contributed by atoms with Crippen LogP contribution >= 0.6 is 0 Å². The summed E-state index contributed by atoms with van der Waals surface area (Å²) in [4.78, 5) is 23.1. The van der Waals surface area contributed by atoms with Gasteiger partial charge in [0.2, 0.25) is 18.1 Å². The molecule has 0 radical (unpaired) electrons. The number of rotatable bonds is 13. The molecule has 0 heterocycles. The van der Waals surface area contributed by atoms with Gasteiger partial charge in [-0.15, -0.1) is 0 Å². The van der Waals surface area contributed by atoms with Gasteiger partial charge in [-0.1, -0.05) is 30.3 Å². The van der Waals surface area contributed by atoms with Crippen LogP contribution in [0.1, 0.15) is 51.0 Å². The number of ether oxygens (including phenoxy) is 3. The van der Waals surface area contributed by atoms with E-state index in [1.165, 1.54) is 0 Å². The number of benzene rings is 1. The van der Waals surface area contributed by atoms with Gasteiger partial charge in [-0.2, -0.15) is 0 Å². The van der Waals surface area contributed by atoms with Crippen molar-refractivity contribution in [2.24, 2.45) is 0 Å². The van der Waals surface area contributed by atoms with Crippen LogP contribution in [0.25, 0.3) is 0 Å². The van der Waals surface area contributed by atoms with E-state index in [0.29, 0.717) is 6.92 Å². The van der Waals surface area contributed by atoms with Crippen LogP contribution in [-0.4, -0.2) is 37.2 Å². The monoisotopic (exact) mass is 422 g/mol. The van der Waals surface area contributed by atoms with E-state index in [1.54, 1.807) is 30.3 Å². The summed E-state index contributed by atoms with van der Waals surface area (Å²) in [5.74, 6) is -7.93. The average molecular weight is 422 g/mol. The SMILES string of the molecule is COC(CCC(F)(F)CCC(=O)OCc1ccccc1)OC(=O)CCC(C)(F)F. The van der Waals surface area contributed by atoms with E-state index in [1.807, 2.05) is 0 Å². The normalized spacial score (nSPS) is 13.0. The Kier molecular flexibility index (Phi) is 10.1. The predicted molar refractivity (Wildman–Crippen MR) is 96.4 cm³/mol. The molecule has 0 amide bonds. The molecule has 164 valence electrons. The molecule has 0 aromatic heterocycles. The Morgan fingerprint density at radius 1 is 0.966 bits per heavy atom. The number of esters is 2. The quantitative estimate of drug-likeness (QED) is 0.258. The zero-order valence-electron chi connectivity index (χ0n) is 16.5. The molecule has 0 bridgehead atoms. The molecule has 1 atom stereocenters. The fraction of sp³-hybridized carbons (Fsp3) is 0.600. The Bertz CT molecular complexity index is 632. The molecule has 0 N–H and O–H groups in total. The highest BCUT2D eigenvalue weighted by atomic mass is 19.3. The van der Waals surface area contributed by atoms with Crippen LogP contribution in [0.15, 0.2) is 30.3 Å². The Balaban J connectivity index is 2.32. The van der Waals surface area contributed by atoms with Crippen molar-refractivity contribution in [2.75, 3.05) is 7.11 Å². The molecule has 0 aliphatic heterocycles. The van der Waals surface area contributed by atoms with Crippen LogP contribution in [0.2, 0.25) is 0 Å².